The Hall–Kier alpha value is -5.88. The van der Waals surface area contributed by atoms with E-state index in [2.05, 4.69) is 46.7 Å². The van der Waals surface area contributed by atoms with Gasteiger partial charge in [-0.25, -0.2) is 4.98 Å². The van der Waals surface area contributed by atoms with Gasteiger partial charge in [-0.15, -0.1) is 0 Å². The lowest BCUT2D eigenvalue weighted by Gasteiger charge is -2.37. The number of benzene rings is 5. The summed E-state index contributed by atoms with van der Waals surface area (Å²) in [5.41, 5.74) is 6.11. The summed E-state index contributed by atoms with van der Waals surface area (Å²) in [5, 5.41) is 16.1. The average molecular weight is 763 g/mol. The van der Waals surface area contributed by atoms with E-state index in [4.69, 9.17) is 28.7 Å². The molecule has 0 radical (unpaired) electrons. The zero-order chi connectivity index (χ0) is 39.0. The second-order valence-electron chi connectivity index (χ2n) is 14.1. The van der Waals surface area contributed by atoms with E-state index >= 15 is 0 Å². The van der Waals surface area contributed by atoms with E-state index in [1.165, 1.54) is 6.33 Å². The monoisotopic (exact) mass is 762 g/mol. The first-order valence-corrected chi connectivity index (χ1v) is 19.1. The summed E-state index contributed by atoms with van der Waals surface area (Å²) >= 11 is 0. The second-order valence-corrected chi connectivity index (χ2v) is 14.1. The second kappa shape index (κ2) is 17.5. The summed E-state index contributed by atoms with van der Waals surface area (Å²) in [6.45, 7) is 1.06. The van der Waals surface area contributed by atoms with Gasteiger partial charge in [0.2, 0.25) is 5.88 Å². The molecule has 0 unspecified atom stereocenters. The molecule has 1 aliphatic heterocycles. The third-order valence-corrected chi connectivity index (χ3v) is 10.6. The van der Waals surface area contributed by atoms with Crippen LogP contribution in [-0.2, 0) is 39.8 Å². The largest absolute Gasteiger partial charge is 0.497 e. The van der Waals surface area contributed by atoms with Gasteiger partial charge < -0.3 is 38.7 Å². The van der Waals surface area contributed by atoms with Crippen LogP contribution in [0.5, 0.6) is 11.6 Å². The molecule has 10 nitrogen and oxygen atoms in total. The Bertz CT molecular complexity index is 2230. The van der Waals surface area contributed by atoms with Crippen molar-refractivity contribution in [1.29, 1.82) is 0 Å². The Balaban J connectivity index is 1.15. The van der Waals surface area contributed by atoms with Crippen LogP contribution >= 0.6 is 0 Å². The highest BCUT2D eigenvalue weighted by atomic mass is 16.5. The van der Waals surface area contributed by atoms with Crippen molar-refractivity contribution in [2.75, 3.05) is 20.8 Å². The Labute approximate surface area is 332 Å². The lowest BCUT2D eigenvalue weighted by atomic mass is 9.80. The van der Waals surface area contributed by atoms with Crippen molar-refractivity contribution in [1.82, 2.24) is 19.9 Å². The first-order chi connectivity index (χ1) is 28.1. The molecule has 2 N–H and O–H groups in total. The Morgan fingerprint density at radius 1 is 0.684 bits per heavy atom. The summed E-state index contributed by atoms with van der Waals surface area (Å²) in [5.74, 6) is 1.17. The van der Waals surface area contributed by atoms with Gasteiger partial charge in [0.1, 0.15) is 41.5 Å². The van der Waals surface area contributed by atoms with Crippen LogP contribution in [0.25, 0.3) is 11.0 Å². The van der Waals surface area contributed by atoms with Gasteiger partial charge in [-0.1, -0.05) is 133 Å². The first kappa shape index (κ1) is 38.0. The number of hydrogen-bond donors (Lipinski definition) is 2. The average Bonchev–Trinajstić information content (AvgIpc) is 3.81. The van der Waals surface area contributed by atoms with Crippen molar-refractivity contribution < 1.29 is 28.8 Å². The number of hydrogen-bond acceptors (Lipinski definition) is 9. The van der Waals surface area contributed by atoms with E-state index in [-0.39, 0.29) is 19.9 Å². The van der Waals surface area contributed by atoms with Crippen LogP contribution in [-0.4, -0.2) is 58.7 Å². The fourth-order valence-electron chi connectivity index (χ4n) is 7.80. The van der Waals surface area contributed by atoms with Gasteiger partial charge >= 0.3 is 0 Å². The van der Waals surface area contributed by atoms with Crippen LogP contribution in [0.2, 0.25) is 0 Å². The molecular formula is C47H46N4O6. The normalized spacial score (nSPS) is 18.2. The Kier molecular flexibility index (Phi) is 11.7. The molecule has 0 amide bonds. The lowest BCUT2D eigenvalue weighted by molar-refractivity contribution is -0.0577. The molecule has 7 aromatic rings. The lowest BCUT2D eigenvalue weighted by Crippen LogP contribution is -2.42. The van der Waals surface area contributed by atoms with Crippen molar-refractivity contribution in [3.63, 3.8) is 0 Å². The first-order valence-electron chi connectivity index (χ1n) is 19.1. The Morgan fingerprint density at radius 2 is 1.26 bits per heavy atom. The zero-order valence-corrected chi connectivity index (χ0v) is 32.0. The van der Waals surface area contributed by atoms with Crippen LogP contribution in [0, 0.1) is 0 Å². The van der Waals surface area contributed by atoms with E-state index in [1.807, 2.05) is 120 Å². The minimum absolute atomic E-state index is 0.149. The predicted molar refractivity (Wildman–Crippen MR) is 218 cm³/mol. The third kappa shape index (κ3) is 7.91. The van der Waals surface area contributed by atoms with E-state index in [1.54, 1.807) is 14.2 Å². The fraction of sp³-hybridized carbons (Fsp3) is 0.234. The van der Waals surface area contributed by atoms with Crippen molar-refractivity contribution in [2.24, 2.45) is 0 Å². The summed E-state index contributed by atoms with van der Waals surface area (Å²) < 4.78 is 33.2. The summed E-state index contributed by atoms with van der Waals surface area (Å²) in [4.78, 5) is 9.19. The zero-order valence-electron chi connectivity index (χ0n) is 32.0. The topological polar surface area (TPSA) is 109 Å². The fourth-order valence-corrected chi connectivity index (χ4v) is 7.80. The van der Waals surface area contributed by atoms with E-state index in [0.717, 1.165) is 39.1 Å². The quantitative estimate of drug-likeness (QED) is 0.0964. The minimum atomic E-state index is -0.977. The molecule has 0 aliphatic carbocycles. The maximum atomic E-state index is 12.3. The molecular weight excluding hydrogens is 717 g/mol. The number of ether oxygens (including phenoxy) is 5. The smallest absolute Gasteiger partial charge is 0.241 e. The highest BCUT2D eigenvalue weighted by molar-refractivity contribution is 5.84. The Morgan fingerprint density at radius 3 is 1.84 bits per heavy atom. The maximum Gasteiger partial charge on any atom is 0.241 e. The van der Waals surface area contributed by atoms with Crippen molar-refractivity contribution in [3.8, 4) is 11.6 Å². The summed E-state index contributed by atoms with van der Waals surface area (Å²) in [6.07, 6.45) is 1.83. The molecule has 8 rings (SSSR count). The molecule has 4 atom stereocenters. The number of aliphatic hydroxyl groups is 1. The number of methoxy groups -OCH3 is 2. The van der Waals surface area contributed by atoms with Crippen molar-refractivity contribution in [3.05, 3.63) is 191 Å². The number of nitrogens with one attached hydrogen (secondary N) is 1. The van der Waals surface area contributed by atoms with Gasteiger partial charge in [0.25, 0.3) is 0 Å². The molecule has 1 fully saturated rings. The highest BCUT2D eigenvalue weighted by Gasteiger charge is 2.47. The van der Waals surface area contributed by atoms with Gasteiger partial charge in [-0.05, 0) is 39.9 Å². The van der Waals surface area contributed by atoms with Crippen LogP contribution in [0.3, 0.4) is 0 Å². The van der Waals surface area contributed by atoms with Crippen LogP contribution in [0.1, 0.15) is 39.4 Å². The predicted octanol–water partition coefficient (Wildman–Crippen LogP) is 7.59. The maximum absolute atomic E-state index is 12.3. The molecule has 0 spiro atoms. The molecule has 2 aromatic heterocycles. The molecule has 5 aromatic carbocycles. The van der Waals surface area contributed by atoms with E-state index in [9.17, 15) is 5.11 Å². The number of nitrogens with zero attached hydrogens (tertiary/aromatic N) is 3. The molecule has 0 bridgehead atoms. The van der Waals surface area contributed by atoms with Gasteiger partial charge in [0.05, 0.1) is 52.2 Å². The third-order valence-electron chi connectivity index (χ3n) is 10.6. The number of aliphatic hydroxyl groups excluding tert-OH is 1. The molecule has 3 heterocycles. The summed E-state index contributed by atoms with van der Waals surface area (Å²) in [6, 6.07) is 47.4. The molecule has 1 aliphatic rings. The van der Waals surface area contributed by atoms with Crippen LogP contribution in [0.4, 0.5) is 0 Å². The van der Waals surface area contributed by atoms with Gasteiger partial charge in [-0.2, -0.15) is 4.98 Å². The van der Waals surface area contributed by atoms with Crippen LogP contribution in [0.15, 0.2) is 158 Å². The van der Waals surface area contributed by atoms with E-state index in [0.29, 0.717) is 23.5 Å². The van der Waals surface area contributed by atoms with Crippen molar-refractivity contribution >= 4 is 11.0 Å². The molecule has 57 heavy (non-hydrogen) atoms. The molecule has 290 valence electrons. The van der Waals surface area contributed by atoms with Crippen LogP contribution < -0.4 is 14.8 Å². The van der Waals surface area contributed by atoms with Gasteiger partial charge in [-0.3, -0.25) is 0 Å². The highest BCUT2D eigenvalue weighted by Crippen LogP contribution is 2.42. The molecule has 0 saturated carbocycles. The van der Waals surface area contributed by atoms with Crippen molar-refractivity contribution in [2.45, 2.75) is 49.8 Å². The molecule has 1 saturated heterocycles. The van der Waals surface area contributed by atoms with Gasteiger partial charge in [0, 0.05) is 11.8 Å². The minimum Gasteiger partial charge on any atom is -0.497 e. The number of fused-ring (bicyclic) bond motifs is 1. The van der Waals surface area contributed by atoms with E-state index < -0.39 is 29.9 Å². The molecule has 10 heteroatoms. The SMILES string of the molecule is COc1ccc(CO[C@@H]2[C@@H](O)[C@@H](COC(c3ccccc3)(c3ccccc3)c3ccccc3)N[C@H]2c2cn(COCc3ccccc3)c3c(OC)ncnc23)cc1. The number of rotatable bonds is 16. The number of aromatic nitrogens is 3. The van der Waals surface area contributed by atoms with Gasteiger partial charge in [0.15, 0.2) is 0 Å². The summed E-state index contributed by atoms with van der Waals surface area (Å²) in [7, 11) is 3.23. The standard InChI is InChI=1S/C47H46N4O6/c1-53-38-25-23-34(24-26-38)29-56-45-42(39-27-51(32-55-28-33-15-7-3-8-16-33)43-41(39)48-31-49-46(43)54-2)50-40(44(45)52)30-57-47(35-17-9-4-10-18-35,36-19-11-5-12-20-36)37-21-13-6-14-22-37/h3-27,31,40,42,44-45,50,52H,28-30,32H2,1-2H3/t40-,42+,44+,45+/m1/s1.